The van der Waals surface area contributed by atoms with Gasteiger partial charge in [-0.15, -0.1) is 34.9 Å². The standard InChI is InChI=1S/C21H24N2O.C20H20N.Ir/c1-14(2)16-9-7-10-17(15(3)4)20(16)23-13-12-22-21(23)18-8-5-6-11-19(18)24;1-13(2)17-6-5-16-7-8-21-20(19(16)12-17)18-10-14(3)9-15(4)11-18;/h5-15,24H,1-4H3;5-10,12-13H,1-4H3;/q;-1;. The predicted octanol–water partition coefficient (Wildman–Crippen LogP) is 10.9. The first-order valence-electron chi connectivity index (χ1n) is 15.9. The van der Waals surface area contributed by atoms with E-state index in [0.29, 0.717) is 17.8 Å². The monoisotopic (exact) mass is 787 g/mol. The van der Waals surface area contributed by atoms with Crippen LogP contribution in [0.5, 0.6) is 5.75 Å². The molecule has 1 N–H and O–H groups in total. The molecule has 0 aliphatic heterocycles. The van der Waals surface area contributed by atoms with Crippen LogP contribution in [-0.2, 0) is 20.1 Å². The van der Waals surface area contributed by atoms with Gasteiger partial charge in [0.25, 0.3) is 0 Å². The Hall–Kier alpha value is -4.05. The van der Waals surface area contributed by atoms with Crippen molar-refractivity contribution in [2.45, 2.75) is 73.1 Å². The van der Waals surface area contributed by atoms with E-state index in [4.69, 9.17) is 0 Å². The molecule has 6 rings (SSSR count). The number of hydrogen-bond acceptors (Lipinski definition) is 3. The number of rotatable bonds is 6. The number of fused-ring (bicyclic) bond motifs is 1. The van der Waals surface area contributed by atoms with Crippen LogP contribution in [0.3, 0.4) is 0 Å². The second kappa shape index (κ2) is 15.0. The van der Waals surface area contributed by atoms with Gasteiger partial charge < -0.3 is 10.1 Å². The van der Waals surface area contributed by atoms with Crippen molar-refractivity contribution in [3.05, 3.63) is 131 Å². The Morgan fingerprint density at radius 3 is 2.04 bits per heavy atom. The number of aromatic hydroxyl groups is 1. The quantitative estimate of drug-likeness (QED) is 0.171. The Balaban J connectivity index is 0.000000206. The third-order valence-electron chi connectivity index (χ3n) is 8.23. The largest absolute Gasteiger partial charge is 0.507 e. The normalized spacial score (nSPS) is 11.1. The molecular weight excluding hydrogens is 743 g/mol. The SMILES string of the molecule is CC(C)c1cccc(C(C)C)c1-n1ccnc1-c1ccccc1O.Cc1[c-]c(-c2nccc3ccc(C(C)C)cc23)cc(C)c1.[Ir]. The van der Waals surface area contributed by atoms with Crippen molar-refractivity contribution in [3.8, 4) is 34.1 Å². The van der Waals surface area contributed by atoms with Crippen molar-refractivity contribution in [1.29, 1.82) is 0 Å². The molecule has 0 amide bonds. The number of phenols is 1. The van der Waals surface area contributed by atoms with Crippen LogP contribution >= 0.6 is 0 Å². The first-order chi connectivity index (χ1) is 21.5. The summed E-state index contributed by atoms with van der Waals surface area (Å²) in [7, 11) is 0. The summed E-state index contributed by atoms with van der Waals surface area (Å²) in [5.74, 6) is 2.34. The Kier molecular flexibility index (Phi) is 11.4. The van der Waals surface area contributed by atoms with Gasteiger partial charge in [-0.2, -0.15) is 0 Å². The molecule has 0 bridgehead atoms. The van der Waals surface area contributed by atoms with E-state index in [1.54, 1.807) is 12.3 Å². The Bertz CT molecular complexity index is 1890. The van der Waals surface area contributed by atoms with Crippen LogP contribution in [-0.4, -0.2) is 19.6 Å². The molecule has 0 atom stereocenters. The Morgan fingerprint density at radius 2 is 1.41 bits per heavy atom. The number of phenolic OH excluding ortho intramolecular Hbond substituents is 1. The molecule has 0 saturated heterocycles. The molecule has 6 aromatic rings. The zero-order valence-electron chi connectivity index (χ0n) is 28.1. The second-order valence-electron chi connectivity index (χ2n) is 12.8. The molecule has 0 fully saturated rings. The summed E-state index contributed by atoms with van der Waals surface area (Å²) in [6.07, 6.45) is 5.66. The zero-order valence-corrected chi connectivity index (χ0v) is 30.5. The molecule has 0 aliphatic rings. The van der Waals surface area contributed by atoms with Crippen molar-refractivity contribution in [1.82, 2.24) is 14.5 Å². The number of imidazole rings is 1. The van der Waals surface area contributed by atoms with Crippen molar-refractivity contribution >= 4 is 10.8 Å². The first kappa shape index (κ1) is 34.8. The van der Waals surface area contributed by atoms with Gasteiger partial charge in [0.05, 0.1) is 11.3 Å². The molecule has 0 unspecified atom stereocenters. The minimum atomic E-state index is 0. The van der Waals surface area contributed by atoms with Gasteiger partial charge in [-0.3, -0.25) is 4.57 Å². The van der Waals surface area contributed by atoms with E-state index in [2.05, 4.69) is 131 Å². The molecule has 239 valence electrons. The second-order valence-corrected chi connectivity index (χ2v) is 12.8. The summed E-state index contributed by atoms with van der Waals surface area (Å²) < 4.78 is 2.11. The van der Waals surface area contributed by atoms with Gasteiger partial charge >= 0.3 is 0 Å². The fourth-order valence-corrected chi connectivity index (χ4v) is 5.92. The molecule has 2 aromatic heterocycles. The van der Waals surface area contributed by atoms with Gasteiger partial charge in [-0.1, -0.05) is 104 Å². The summed E-state index contributed by atoms with van der Waals surface area (Å²) in [4.78, 5) is 9.16. The van der Waals surface area contributed by atoms with Crippen molar-refractivity contribution in [3.63, 3.8) is 0 Å². The van der Waals surface area contributed by atoms with Crippen LogP contribution < -0.4 is 0 Å². The van der Waals surface area contributed by atoms with Crippen molar-refractivity contribution in [2.24, 2.45) is 0 Å². The molecule has 1 radical (unpaired) electrons. The molecule has 4 aromatic carbocycles. The fraction of sp³-hybridized carbons (Fsp3) is 0.268. The summed E-state index contributed by atoms with van der Waals surface area (Å²) in [6.45, 7) is 17.5. The summed E-state index contributed by atoms with van der Waals surface area (Å²) in [5, 5.41) is 12.7. The van der Waals surface area contributed by atoms with E-state index in [-0.39, 0.29) is 25.9 Å². The van der Waals surface area contributed by atoms with E-state index in [1.165, 1.54) is 38.7 Å². The summed E-state index contributed by atoms with van der Waals surface area (Å²) >= 11 is 0. The van der Waals surface area contributed by atoms with Gasteiger partial charge in [0.15, 0.2) is 0 Å². The van der Waals surface area contributed by atoms with Crippen LogP contribution in [0.25, 0.3) is 39.1 Å². The van der Waals surface area contributed by atoms with Crippen LogP contribution in [0, 0.1) is 19.9 Å². The molecule has 0 aliphatic carbocycles. The maximum Gasteiger partial charge on any atom is 0.148 e. The van der Waals surface area contributed by atoms with Gasteiger partial charge in [-0.25, -0.2) is 4.98 Å². The van der Waals surface area contributed by atoms with Gasteiger partial charge in [0, 0.05) is 38.7 Å². The van der Waals surface area contributed by atoms with Crippen molar-refractivity contribution < 1.29 is 25.2 Å². The molecular formula is C41H44IrN3O-. The minimum Gasteiger partial charge on any atom is -0.507 e. The number of aryl methyl sites for hydroxylation is 2. The first-order valence-corrected chi connectivity index (χ1v) is 15.9. The smallest absolute Gasteiger partial charge is 0.148 e. The minimum absolute atomic E-state index is 0. The van der Waals surface area contributed by atoms with E-state index in [1.807, 2.05) is 30.6 Å². The van der Waals surface area contributed by atoms with E-state index < -0.39 is 0 Å². The van der Waals surface area contributed by atoms with Crippen LogP contribution in [0.15, 0.2) is 97.5 Å². The van der Waals surface area contributed by atoms with Gasteiger partial charge in [0.2, 0.25) is 0 Å². The Morgan fingerprint density at radius 1 is 0.717 bits per heavy atom. The zero-order chi connectivity index (χ0) is 32.2. The number of hydrogen-bond donors (Lipinski definition) is 1. The topological polar surface area (TPSA) is 50.9 Å². The Labute approximate surface area is 287 Å². The summed E-state index contributed by atoms with van der Waals surface area (Å²) in [5.41, 5.74) is 10.4. The molecule has 46 heavy (non-hydrogen) atoms. The maximum absolute atomic E-state index is 10.3. The average Bonchev–Trinajstić information content (AvgIpc) is 3.49. The number of para-hydroxylation sites is 2. The summed E-state index contributed by atoms with van der Waals surface area (Å²) in [6, 6.07) is 30.3. The van der Waals surface area contributed by atoms with E-state index in [0.717, 1.165) is 28.2 Å². The molecule has 0 spiro atoms. The van der Waals surface area contributed by atoms with Crippen molar-refractivity contribution in [2.75, 3.05) is 0 Å². The number of aromatic nitrogens is 3. The third kappa shape index (κ3) is 7.49. The molecule has 0 saturated carbocycles. The number of benzene rings is 4. The molecule has 5 heteroatoms. The van der Waals surface area contributed by atoms with Gasteiger partial charge in [-0.05, 0) is 69.1 Å². The van der Waals surface area contributed by atoms with Crippen LogP contribution in [0.1, 0.15) is 87.1 Å². The average molecular weight is 787 g/mol. The maximum atomic E-state index is 10.3. The van der Waals surface area contributed by atoms with Crippen LogP contribution in [0.4, 0.5) is 0 Å². The number of nitrogens with zero attached hydrogens (tertiary/aromatic N) is 3. The molecule has 4 nitrogen and oxygen atoms in total. The van der Waals surface area contributed by atoms with Crippen LogP contribution in [0.2, 0.25) is 0 Å². The fourth-order valence-electron chi connectivity index (χ4n) is 5.92. The van der Waals surface area contributed by atoms with E-state index >= 15 is 0 Å². The molecule has 2 heterocycles. The third-order valence-corrected chi connectivity index (χ3v) is 8.23. The van der Waals surface area contributed by atoms with Gasteiger partial charge in [0.1, 0.15) is 11.6 Å². The predicted molar refractivity (Wildman–Crippen MR) is 188 cm³/mol. The number of pyridine rings is 1. The van der Waals surface area contributed by atoms with E-state index in [9.17, 15) is 5.11 Å².